The van der Waals surface area contributed by atoms with Crippen LogP contribution in [0.4, 0.5) is 0 Å². The topological polar surface area (TPSA) is 47.3 Å². The standard InChI is InChI=1S/C5H15BN2O/c1-4(7)5(2)8-6-9-3/h4-6,8H,7H2,1-3H3/t4-,5-/m1/s1. The molecule has 0 aromatic heterocycles. The van der Waals surface area contributed by atoms with Gasteiger partial charge in [-0.2, -0.15) is 0 Å². The molecular formula is C5H15BN2O. The lowest BCUT2D eigenvalue weighted by Crippen LogP contribution is -2.43. The van der Waals surface area contributed by atoms with Gasteiger partial charge in [-0.15, -0.1) is 0 Å². The van der Waals surface area contributed by atoms with E-state index in [2.05, 4.69) is 5.23 Å². The van der Waals surface area contributed by atoms with Crippen molar-refractivity contribution >= 4 is 7.62 Å². The molecule has 0 unspecified atom stereocenters. The number of hydrogen-bond donors (Lipinski definition) is 2. The zero-order valence-corrected chi connectivity index (χ0v) is 6.35. The summed E-state index contributed by atoms with van der Waals surface area (Å²) in [7, 11) is 2.23. The zero-order valence-electron chi connectivity index (χ0n) is 6.35. The molecule has 0 radical (unpaired) electrons. The van der Waals surface area contributed by atoms with Gasteiger partial charge >= 0.3 is 7.62 Å². The molecule has 0 aromatic carbocycles. The van der Waals surface area contributed by atoms with Crippen LogP contribution in [0, 0.1) is 0 Å². The predicted molar refractivity (Wildman–Crippen MR) is 40.4 cm³/mol. The highest BCUT2D eigenvalue weighted by molar-refractivity contribution is 6.23. The normalized spacial score (nSPS) is 16.9. The van der Waals surface area contributed by atoms with Crippen molar-refractivity contribution in [3.8, 4) is 0 Å². The van der Waals surface area contributed by atoms with E-state index in [0.29, 0.717) is 13.7 Å². The van der Waals surface area contributed by atoms with Gasteiger partial charge in [0.2, 0.25) is 0 Å². The molecule has 0 saturated heterocycles. The van der Waals surface area contributed by atoms with E-state index in [-0.39, 0.29) is 6.04 Å². The molecule has 0 saturated carbocycles. The van der Waals surface area contributed by atoms with Crippen LogP contribution < -0.4 is 11.0 Å². The Morgan fingerprint density at radius 3 is 2.44 bits per heavy atom. The van der Waals surface area contributed by atoms with Crippen molar-refractivity contribution in [3.05, 3.63) is 0 Å². The fraction of sp³-hybridized carbons (Fsp3) is 1.00. The van der Waals surface area contributed by atoms with Gasteiger partial charge in [0, 0.05) is 19.2 Å². The van der Waals surface area contributed by atoms with Crippen LogP contribution >= 0.6 is 0 Å². The molecule has 0 aromatic rings. The van der Waals surface area contributed by atoms with Crippen molar-refractivity contribution in [2.24, 2.45) is 5.73 Å². The molecule has 0 spiro atoms. The Bertz CT molecular complexity index is 70.0. The Kier molecular flexibility index (Phi) is 4.76. The number of nitrogens with one attached hydrogen (secondary N) is 1. The summed E-state index contributed by atoms with van der Waals surface area (Å²) in [5.74, 6) is 0. The van der Waals surface area contributed by atoms with Crippen molar-refractivity contribution in [1.82, 2.24) is 5.23 Å². The van der Waals surface area contributed by atoms with Gasteiger partial charge in [0.05, 0.1) is 0 Å². The SMILES string of the molecule is COBN[C@H](C)[C@@H](C)N. The molecule has 4 heteroatoms. The molecule has 3 N–H and O–H groups in total. The van der Waals surface area contributed by atoms with Crippen molar-refractivity contribution in [2.75, 3.05) is 7.11 Å². The monoisotopic (exact) mass is 130 g/mol. The Morgan fingerprint density at radius 1 is 1.56 bits per heavy atom. The molecule has 0 aliphatic rings. The zero-order chi connectivity index (χ0) is 7.28. The first-order chi connectivity index (χ1) is 4.18. The summed E-state index contributed by atoms with van der Waals surface area (Å²) < 4.78 is 4.80. The summed E-state index contributed by atoms with van der Waals surface area (Å²) in [4.78, 5) is 0. The summed E-state index contributed by atoms with van der Waals surface area (Å²) in [6, 6.07) is 0.505. The van der Waals surface area contributed by atoms with E-state index in [1.165, 1.54) is 0 Å². The van der Waals surface area contributed by atoms with Crippen LogP contribution in [0.3, 0.4) is 0 Å². The molecule has 0 aliphatic heterocycles. The van der Waals surface area contributed by atoms with E-state index in [1.54, 1.807) is 7.11 Å². The first-order valence-corrected chi connectivity index (χ1v) is 3.16. The minimum absolute atomic E-state index is 0.181. The Morgan fingerprint density at radius 2 is 2.11 bits per heavy atom. The highest BCUT2D eigenvalue weighted by Gasteiger charge is 2.04. The summed E-state index contributed by atoms with van der Waals surface area (Å²) in [5.41, 5.74) is 5.56. The fourth-order valence-corrected chi connectivity index (χ4v) is 0.401. The van der Waals surface area contributed by atoms with Gasteiger partial charge in [-0.3, -0.25) is 0 Å². The maximum absolute atomic E-state index is 5.56. The largest absolute Gasteiger partial charge is 0.427 e. The van der Waals surface area contributed by atoms with Gasteiger partial charge in [-0.25, -0.2) is 0 Å². The maximum Gasteiger partial charge on any atom is 0.360 e. The van der Waals surface area contributed by atoms with E-state index in [1.807, 2.05) is 13.8 Å². The van der Waals surface area contributed by atoms with Crippen molar-refractivity contribution < 1.29 is 4.65 Å². The second-order valence-corrected chi connectivity index (χ2v) is 2.28. The first kappa shape index (κ1) is 8.94. The van der Waals surface area contributed by atoms with Crippen LogP contribution in [0.5, 0.6) is 0 Å². The van der Waals surface area contributed by atoms with Crippen LogP contribution in [0.2, 0.25) is 0 Å². The molecular weight excluding hydrogens is 115 g/mol. The Hall–Kier alpha value is -0.0551. The minimum Gasteiger partial charge on any atom is -0.427 e. The molecule has 2 atom stereocenters. The van der Waals surface area contributed by atoms with Crippen molar-refractivity contribution in [2.45, 2.75) is 25.9 Å². The molecule has 3 nitrogen and oxygen atoms in total. The lowest BCUT2D eigenvalue weighted by molar-refractivity contribution is 0.415. The predicted octanol–water partition coefficient (Wildman–Crippen LogP) is -0.775. The van der Waals surface area contributed by atoms with Gasteiger partial charge in [-0.1, -0.05) is 0 Å². The van der Waals surface area contributed by atoms with E-state index in [4.69, 9.17) is 10.4 Å². The molecule has 9 heavy (non-hydrogen) atoms. The van der Waals surface area contributed by atoms with Crippen molar-refractivity contribution in [1.29, 1.82) is 0 Å². The van der Waals surface area contributed by atoms with Gasteiger partial charge in [0.15, 0.2) is 0 Å². The summed E-state index contributed by atoms with van der Waals surface area (Å²) in [6.07, 6.45) is 0. The van der Waals surface area contributed by atoms with E-state index < -0.39 is 0 Å². The highest BCUT2D eigenvalue weighted by atomic mass is 16.4. The van der Waals surface area contributed by atoms with Gasteiger partial charge in [-0.05, 0) is 13.8 Å². The molecule has 0 heterocycles. The summed E-state index contributed by atoms with van der Waals surface area (Å²) in [5, 5.41) is 3.08. The van der Waals surface area contributed by atoms with E-state index in [9.17, 15) is 0 Å². The van der Waals surface area contributed by atoms with Gasteiger partial charge in [0.25, 0.3) is 0 Å². The maximum atomic E-state index is 5.56. The smallest absolute Gasteiger partial charge is 0.360 e. The molecule has 0 amide bonds. The fourth-order valence-electron chi connectivity index (χ4n) is 0.401. The average molecular weight is 130 g/mol. The molecule has 0 fully saturated rings. The lowest BCUT2D eigenvalue weighted by Gasteiger charge is -2.15. The summed E-state index contributed by atoms with van der Waals surface area (Å²) in [6.45, 7) is 4.00. The number of hydrogen-bond acceptors (Lipinski definition) is 3. The molecule has 0 aliphatic carbocycles. The third-order valence-electron chi connectivity index (χ3n) is 1.34. The molecule has 54 valence electrons. The quantitative estimate of drug-likeness (QED) is 0.491. The van der Waals surface area contributed by atoms with Crippen LogP contribution in [0.1, 0.15) is 13.8 Å². The molecule has 0 bridgehead atoms. The van der Waals surface area contributed by atoms with E-state index in [0.717, 1.165) is 0 Å². The third-order valence-corrected chi connectivity index (χ3v) is 1.34. The number of rotatable bonds is 4. The second kappa shape index (κ2) is 4.79. The Labute approximate surface area is 57.2 Å². The van der Waals surface area contributed by atoms with E-state index >= 15 is 0 Å². The van der Waals surface area contributed by atoms with Crippen LogP contribution in [0.25, 0.3) is 0 Å². The minimum atomic E-state index is 0.181. The third kappa shape index (κ3) is 4.45. The number of nitrogens with two attached hydrogens (primary N) is 1. The average Bonchev–Trinajstić information content (AvgIpc) is 1.82. The Balaban J connectivity index is 3.16. The van der Waals surface area contributed by atoms with Gasteiger partial charge in [0.1, 0.15) is 0 Å². The summed E-state index contributed by atoms with van der Waals surface area (Å²) >= 11 is 0. The van der Waals surface area contributed by atoms with Crippen LogP contribution in [-0.2, 0) is 4.65 Å². The second-order valence-electron chi connectivity index (χ2n) is 2.28. The van der Waals surface area contributed by atoms with Crippen LogP contribution in [0.15, 0.2) is 0 Å². The lowest BCUT2D eigenvalue weighted by atomic mass is 10.1. The molecule has 0 rings (SSSR count). The highest BCUT2D eigenvalue weighted by Crippen LogP contribution is 1.84. The van der Waals surface area contributed by atoms with Crippen LogP contribution in [-0.4, -0.2) is 26.8 Å². The van der Waals surface area contributed by atoms with Gasteiger partial charge < -0.3 is 15.6 Å². The van der Waals surface area contributed by atoms with Crippen molar-refractivity contribution in [3.63, 3.8) is 0 Å². The first-order valence-electron chi connectivity index (χ1n) is 3.16.